The summed E-state index contributed by atoms with van der Waals surface area (Å²) in [6.45, 7) is 2.28. The average molecular weight is 293 g/mol. The highest BCUT2D eigenvalue weighted by Crippen LogP contribution is 2.26. The predicted octanol–water partition coefficient (Wildman–Crippen LogP) is 6.97. The standard InChI is InChI=1S/C19H32S/c1-2-3-4-5-6-7-8-9-10-14-17-19(20)18-15-12-11-13-16-18/h11-13,15-16,19-20H,2-10,14,17H2,1H3. The smallest absolute Gasteiger partial charge is 0.0267 e. The Kier molecular flexibility index (Phi) is 10.9. The fourth-order valence-electron chi connectivity index (χ4n) is 2.67. The average Bonchev–Trinajstić information content (AvgIpc) is 2.50. The molecule has 0 amide bonds. The van der Waals surface area contributed by atoms with Gasteiger partial charge >= 0.3 is 0 Å². The molecule has 1 rings (SSSR count). The van der Waals surface area contributed by atoms with Gasteiger partial charge in [0.05, 0.1) is 0 Å². The van der Waals surface area contributed by atoms with E-state index in [1.807, 2.05) is 0 Å². The normalized spacial score (nSPS) is 12.5. The molecule has 0 aromatic heterocycles. The van der Waals surface area contributed by atoms with Gasteiger partial charge in [-0.05, 0) is 12.0 Å². The highest BCUT2D eigenvalue weighted by atomic mass is 32.1. The van der Waals surface area contributed by atoms with Gasteiger partial charge in [0, 0.05) is 5.25 Å². The van der Waals surface area contributed by atoms with Crippen LogP contribution in [0.25, 0.3) is 0 Å². The molecular weight excluding hydrogens is 260 g/mol. The van der Waals surface area contributed by atoms with E-state index in [0.717, 1.165) is 0 Å². The third kappa shape index (κ3) is 8.68. The molecule has 0 saturated carbocycles. The van der Waals surface area contributed by atoms with Crippen LogP contribution in [0, 0.1) is 0 Å². The quantitative estimate of drug-likeness (QED) is 0.312. The van der Waals surface area contributed by atoms with E-state index in [2.05, 4.69) is 37.3 Å². The minimum absolute atomic E-state index is 0.422. The first-order valence-electron chi connectivity index (χ1n) is 8.57. The van der Waals surface area contributed by atoms with Crippen molar-refractivity contribution >= 4 is 12.6 Å². The molecule has 1 atom stereocenters. The predicted molar refractivity (Wildman–Crippen MR) is 94.6 cm³/mol. The zero-order chi connectivity index (χ0) is 14.5. The number of rotatable bonds is 12. The van der Waals surface area contributed by atoms with Crippen LogP contribution < -0.4 is 0 Å². The molecule has 1 aromatic carbocycles. The van der Waals surface area contributed by atoms with Crippen molar-refractivity contribution in [3.05, 3.63) is 35.9 Å². The van der Waals surface area contributed by atoms with Crippen LogP contribution in [0.2, 0.25) is 0 Å². The van der Waals surface area contributed by atoms with Gasteiger partial charge in [0.1, 0.15) is 0 Å². The van der Waals surface area contributed by atoms with E-state index in [-0.39, 0.29) is 0 Å². The van der Waals surface area contributed by atoms with Crippen molar-refractivity contribution in [3.63, 3.8) is 0 Å². The van der Waals surface area contributed by atoms with E-state index < -0.39 is 0 Å². The fraction of sp³-hybridized carbons (Fsp3) is 0.684. The fourth-order valence-corrected chi connectivity index (χ4v) is 3.02. The summed E-state index contributed by atoms with van der Waals surface area (Å²) in [6, 6.07) is 10.7. The van der Waals surface area contributed by atoms with E-state index in [1.54, 1.807) is 0 Å². The molecule has 114 valence electrons. The van der Waals surface area contributed by atoms with Gasteiger partial charge in [-0.2, -0.15) is 12.6 Å². The minimum Gasteiger partial charge on any atom is -0.171 e. The maximum Gasteiger partial charge on any atom is 0.0267 e. The molecule has 0 aliphatic carbocycles. The summed E-state index contributed by atoms with van der Waals surface area (Å²) < 4.78 is 0. The number of thiol groups is 1. The Morgan fingerprint density at radius 1 is 0.750 bits per heavy atom. The molecule has 0 aliphatic rings. The molecule has 20 heavy (non-hydrogen) atoms. The van der Waals surface area contributed by atoms with Gasteiger partial charge in [-0.3, -0.25) is 0 Å². The summed E-state index contributed by atoms with van der Waals surface area (Å²) in [4.78, 5) is 0. The SMILES string of the molecule is CCCCCCCCCCCCC(S)c1ccccc1. The first kappa shape index (κ1) is 17.6. The van der Waals surface area contributed by atoms with E-state index in [9.17, 15) is 0 Å². The van der Waals surface area contributed by atoms with Gasteiger partial charge in [0.25, 0.3) is 0 Å². The Bertz CT molecular complexity index is 307. The van der Waals surface area contributed by atoms with Crippen molar-refractivity contribution in [3.8, 4) is 0 Å². The number of benzene rings is 1. The number of unbranched alkanes of at least 4 members (excludes halogenated alkanes) is 9. The first-order chi connectivity index (χ1) is 9.84. The highest BCUT2D eigenvalue weighted by molar-refractivity contribution is 7.80. The lowest BCUT2D eigenvalue weighted by atomic mass is 10.0. The van der Waals surface area contributed by atoms with E-state index >= 15 is 0 Å². The lowest BCUT2D eigenvalue weighted by Crippen LogP contribution is -1.90. The second-order valence-corrected chi connectivity index (χ2v) is 6.52. The number of hydrogen-bond acceptors (Lipinski definition) is 1. The molecule has 0 fully saturated rings. The van der Waals surface area contributed by atoms with Gasteiger partial charge in [-0.15, -0.1) is 0 Å². The Hall–Kier alpha value is -0.430. The largest absolute Gasteiger partial charge is 0.171 e. The van der Waals surface area contributed by atoms with Crippen LogP contribution in [-0.2, 0) is 0 Å². The molecule has 0 bridgehead atoms. The third-order valence-electron chi connectivity index (χ3n) is 4.02. The monoisotopic (exact) mass is 292 g/mol. The zero-order valence-electron chi connectivity index (χ0n) is 13.2. The van der Waals surface area contributed by atoms with Crippen LogP contribution in [0.5, 0.6) is 0 Å². The first-order valence-corrected chi connectivity index (χ1v) is 9.09. The summed E-state index contributed by atoms with van der Waals surface area (Å²) >= 11 is 4.71. The third-order valence-corrected chi connectivity index (χ3v) is 4.57. The lowest BCUT2D eigenvalue weighted by molar-refractivity contribution is 0.548. The summed E-state index contributed by atoms with van der Waals surface area (Å²) in [5, 5.41) is 0.422. The van der Waals surface area contributed by atoms with E-state index in [0.29, 0.717) is 5.25 Å². The molecule has 0 spiro atoms. The van der Waals surface area contributed by atoms with Crippen molar-refractivity contribution in [2.75, 3.05) is 0 Å². The van der Waals surface area contributed by atoms with Crippen molar-refractivity contribution < 1.29 is 0 Å². The molecule has 1 heteroatoms. The van der Waals surface area contributed by atoms with Crippen LogP contribution in [-0.4, -0.2) is 0 Å². The Morgan fingerprint density at radius 2 is 1.25 bits per heavy atom. The zero-order valence-corrected chi connectivity index (χ0v) is 14.1. The van der Waals surface area contributed by atoms with Crippen molar-refractivity contribution in [1.29, 1.82) is 0 Å². The van der Waals surface area contributed by atoms with Crippen LogP contribution in [0.15, 0.2) is 30.3 Å². The van der Waals surface area contributed by atoms with Crippen LogP contribution in [0.1, 0.15) is 88.4 Å². The molecule has 0 radical (unpaired) electrons. The Morgan fingerprint density at radius 3 is 1.80 bits per heavy atom. The summed E-state index contributed by atoms with van der Waals surface area (Å²) in [7, 11) is 0. The lowest BCUT2D eigenvalue weighted by Gasteiger charge is -2.10. The number of hydrogen-bond donors (Lipinski definition) is 1. The van der Waals surface area contributed by atoms with Crippen LogP contribution >= 0.6 is 12.6 Å². The summed E-state index contributed by atoms with van der Waals surface area (Å²) in [5.41, 5.74) is 1.37. The van der Waals surface area contributed by atoms with E-state index in [1.165, 1.54) is 76.2 Å². The highest BCUT2D eigenvalue weighted by Gasteiger charge is 2.04. The van der Waals surface area contributed by atoms with Gasteiger partial charge in [-0.25, -0.2) is 0 Å². The van der Waals surface area contributed by atoms with Crippen LogP contribution in [0.3, 0.4) is 0 Å². The molecule has 1 aromatic rings. The topological polar surface area (TPSA) is 0 Å². The molecule has 1 unspecified atom stereocenters. The summed E-state index contributed by atoms with van der Waals surface area (Å²) in [5.74, 6) is 0. The maximum absolute atomic E-state index is 4.71. The molecule has 0 saturated heterocycles. The van der Waals surface area contributed by atoms with Gasteiger partial charge in [-0.1, -0.05) is 101 Å². The minimum atomic E-state index is 0.422. The van der Waals surface area contributed by atoms with Gasteiger partial charge in [0.15, 0.2) is 0 Å². The Labute approximate surface area is 131 Å². The van der Waals surface area contributed by atoms with Crippen molar-refractivity contribution in [2.45, 2.75) is 82.8 Å². The van der Waals surface area contributed by atoms with Crippen molar-refractivity contribution in [2.24, 2.45) is 0 Å². The second kappa shape index (κ2) is 12.3. The van der Waals surface area contributed by atoms with Gasteiger partial charge in [0.2, 0.25) is 0 Å². The van der Waals surface area contributed by atoms with Gasteiger partial charge < -0.3 is 0 Å². The van der Waals surface area contributed by atoms with Crippen molar-refractivity contribution in [1.82, 2.24) is 0 Å². The van der Waals surface area contributed by atoms with Crippen LogP contribution in [0.4, 0.5) is 0 Å². The maximum atomic E-state index is 4.71. The second-order valence-electron chi connectivity index (χ2n) is 5.90. The molecular formula is C19H32S. The molecule has 0 aliphatic heterocycles. The molecule has 0 nitrogen and oxygen atoms in total. The van der Waals surface area contributed by atoms with E-state index in [4.69, 9.17) is 12.6 Å². The summed E-state index contributed by atoms with van der Waals surface area (Å²) in [6.07, 6.45) is 15.3. The molecule has 0 heterocycles. The molecule has 0 N–H and O–H groups in total. The Balaban J connectivity index is 1.90.